The van der Waals surface area contributed by atoms with Crippen LogP contribution < -0.4 is 4.90 Å². The zero-order valence-corrected chi connectivity index (χ0v) is 17.8. The molecule has 29 heavy (non-hydrogen) atoms. The van der Waals surface area contributed by atoms with Gasteiger partial charge in [0.25, 0.3) is 0 Å². The van der Waals surface area contributed by atoms with Gasteiger partial charge in [0.2, 0.25) is 0 Å². The van der Waals surface area contributed by atoms with Crippen molar-refractivity contribution in [2.45, 2.75) is 25.4 Å². The van der Waals surface area contributed by atoms with E-state index >= 15 is 0 Å². The van der Waals surface area contributed by atoms with Crippen molar-refractivity contribution in [2.75, 3.05) is 44.3 Å². The molecule has 2 fully saturated rings. The molecule has 0 unspecified atom stereocenters. The molecule has 0 aromatic carbocycles. The van der Waals surface area contributed by atoms with Crippen molar-refractivity contribution in [1.82, 2.24) is 29.6 Å². The van der Waals surface area contributed by atoms with Gasteiger partial charge in [-0.25, -0.2) is 14.6 Å². The van der Waals surface area contributed by atoms with Crippen LogP contribution in [0.15, 0.2) is 35.5 Å². The fourth-order valence-corrected chi connectivity index (χ4v) is 4.68. The van der Waals surface area contributed by atoms with Gasteiger partial charge in [-0.1, -0.05) is 0 Å². The number of morpholine rings is 1. The zero-order valence-electron chi connectivity index (χ0n) is 16.2. The maximum atomic E-state index is 5.48. The number of pyridine rings is 1. The predicted octanol–water partition coefficient (Wildman–Crippen LogP) is 2.66. The third-order valence-electron chi connectivity index (χ3n) is 5.75. The Balaban J connectivity index is 1.29. The van der Waals surface area contributed by atoms with Crippen molar-refractivity contribution in [3.63, 3.8) is 0 Å². The summed E-state index contributed by atoms with van der Waals surface area (Å²) in [5.41, 5.74) is 2.18. The first-order valence-electron chi connectivity index (χ1n) is 10.1. The van der Waals surface area contributed by atoms with Crippen LogP contribution in [-0.4, -0.2) is 69.0 Å². The molecule has 5 rings (SSSR count). The molecular weight excluding hydrogens is 434 g/mol. The Bertz CT molecular complexity index is 980. The quantitative estimate of drug-likeness (QED) is 0.595. The molecule has 2 aliphatic heterocycles. The summed E-state index contributed by atoms with van der Waals surface area (Å²) < 4.78 is 8.62. The van der Waals surface area contributed by atoms with Gasteiger partial charge in [0.05, 0.1) is 30.8 Å². The number of anilines is 1. The number of rotatable bonds is 4. The maximum Gasteiger partial charge on any atom is 0.163 e. The Labute approximate surface area is 178 Å². The first-order valence-corrected chi connectivity index (χ1v) is 10.9. The van der Waals surface area contributed by atoms with Crippen molar-refractivity contribution >= 4 is 32.8 Å². The largest absolute Gasteiger partial charge is 0.378 e. The average molecular weight is 458 g/mol. The zero-order chi connectivity index (χ0) is 19.6. The maximum absolute atomic E-state index is 5.48. The number of fused-ring (bicyclic) bond motifs is 1. The van der Waals surface area contributed by atoms with Gasteiger partial charge >= 0.3 is 0 Å². The molecule has 0 amide bonds. The summed E-state index contributed by atoms with van der Waals surface area (Å²) in [5.74, 6) is 0.976. The van der Waals surface area contributed by atoms with E-state index in [0.717, 1.165) is 80.1 Å². The Morgan fingerprint density at radius 3 is 2.66 bits per heavy atom. The first-order chi connectivity index (χ1) is 14.3. The molecule has 9 heteroatoms. The minimum absolute atomic E-state index is 0.372. The number of nitrogens with zero attached hydrogens (tertiary/aromatic N) is 7. The summed E-state index contributed by atoms with van der Waals surface area (Å²) in [4.78, 5) is 18.1. The van der Waals surface area contributed by atoms with E-state index in [2.05, 4.69) is 51.4 Å². The van der Waals surface area contributed by atoms with Crippen LogP contribution in [0.3, 0.4) is 0 Å². The molecule has 0 atom stereocenters. The second kappa shape index (κ2) is 8.33. The number of piperidine rings is 1. The van der Waals surface area contributed by atoms with Crippen molar-refractivity contribution < 1.29 is 4.74 Å². The third-order valence-corrected chi connectivity index (χ3v) is 6.19. The van der Waals surface area contributed by atoms with Gasteiger partial charge in [-0.05, 0) is 40.4 Å². The van der Waals surface area contributed by atoms with Crippen LogP contribution in [0.2, 0.25) is 0 Å². The van der Waals surface area contributed by atoms with Gasteiger partial charge in [0.1, 0.15) is 12.1 Å². The lowest BCUT2D eigenvalue weighted by atomic mass is 10.0. The molecule has 8 nitrogen and oxygen atoms in total. The highest BCUT2D eigenvalue weighted by atomic mass is 79.9. The van der Waals surface area contributed by atoms with Crippen molar-refractivity contribution in [2.24, 2.45) is 0 Å². The molecule has 0 radical (unpaired) electrons. The SMILES string of the molecule is Brc1cncc(CN2CCC(n3ncc4c(N5CCOCC5)ncnc43)CC2)c1. The third kappa shape index (κ3) is 3.99. The summed E-state index contributed by atoms with van der Waals surface area (Å²) in [5, 5.41) is 5.76. The van der Waals surface area contributed by atoms with Crippen LogP contribution in [-0.2, 0) is 11.3 Å². The highest BCUT2D eigenvalue weighted by Crippen LogP contribution is 2.29. The topological polar surface area (TPSA) is 72.2 Å². The molecule has 152 valence electrons. The van der Waals surface area contributed by atoms with Crippen molar-refractivity contribution in [1.29, 1.82) is 0 Å². The fourth-order valence-electron chi connectivity index (χ4n) is 4.27. The Hall–Kier alpha value is -2.10. The van der Waals surface area contributed by atoms with Crippen LogP contribution in [0.1, 0.15) is 24.4 Å². The van der Waals surface area contributed by atoms with Crippen molar-refractivity contribution in [3.05, 3.63) is 41.0 Å². The minimum atomic E-state index is 0.372. The van der Waals surface area contributed by atoms with Crippen LogP contribution >= 0.6 is 15.9 Å². The first kappa shape index (κ1) is 18.9. The standard InChI is InChI=1S/C20H24BrN7O/c21-16-9-15(10-22-11-16)13-26-3-1-17(2-4-26)28-20-18(12-25-28)19(23-14-24-20)27-5-7-29-8-6-27/h9-12,14,17H,1-8,13H2. The van der Waals surface area contributed by atoms with Crippen LogP contribution in [0.4, 0.5) is 5.82 Å². The lowest BCUT2D eigenvalue weighted by Crippen LogP contribution is -2.37. The van der Waals surface area contributed by atoms with Crippen molar-refractivity contribution in [3.8, 4) is 0 Å². The summed E-state index contributed by atoms with van der Waals surface area (Å²) >= 11 is 3.51. The molecule has 0 saturated carbocycles. The molecule has 0 N–H and O–H groups in total. The highest BCUT2D eigenvalue weighted by Gasteiger charge is 2.25. The lowest BCUT2D eigenvalue weighted by Gasteiger charge is -2.32. The molecule has 3 aromatic rings. The van der Waals surface area contributed by atoms with Gasteiger partial charge in [-0.2, -0.15) is 5.10 Å². The lowest BCUT2D eigenvalue weighted by molar-refractivity contribution is 0.122. The molecule has 0 aliphatic carbocycles. The van der Waals surface area contributed by atoms with E-state index in [1.165, 1.54) is 5.56 Å². The number of ether oxygens (including phenoxy) is 1. The summed E-state index contributed by atoms with van der Waals surface area (Å²) in [6, 6.07) is 2.52. The monoisotopic (exact) mass is 457 g/mol. The summed E-state index contributed by atoms with van der Waals surface area (Å²) in [6.07, 6.45) is 9.50. The number of aromatic nitrogens is 5. The van der Waals surface area contributed by atoms with E-state index in [4.69, 9.17) is 9.84 Å². The van der Waals surface area contributed by atoms with E-state index in [1.807, 2.05) is 18.6 Å². The normalized spacial score (nSPS) is 19.1. The Kier molecular flexibility index (Phi) is 5.43. The molecular formula is C20H24BrN7O. The van der Waals surface area contributed by atoms with Crippen LogP contribution in [0, 0.1) is 0 Å². The summed E-state index contributed by atoms with van der Waals surface area (Å²) in [7, 11) is 0. The van der Waals surface area contributed by atoms with E-state index in [0.29, 0.717) is 6.04 Å². The predicted molar refractivity (Wildman–Crippen MR) is 114 cm³/mol. The van der Waals surface area contributed by atoms with E-state index in [9.17, 15) is 0 Å². The van der Waals surface area contributed by atoms with Gasteiger partial charge in [-0.3, -0.25) is 9.88 Å². The number of hydrogen-bond acceptors (Lipinski definition) is 7. The number of halogens is 1. The smallest absolute Gasteiger partial charge is 0.163 e. The van der Waals surface area contributed by atoms with Crippen LogP contribution in [0.25, 0.3) is 11.0 Å². The van der Waals surface area contributed by atoms with E-state index in [-0.39, 0.29) is 0 Å². The Morgan fingerprint density at radius 2 is 1.86 bits per heavy atom. The van der Waals surface area contributed by atoms with E-state index < -0.39 is 0 Å². The number of hydrogen-bond donors (Lipinski definition) is 0. The van der Waals surface area contributed by atoms with Gasteiger partial charge in [-0.15, -0.1) is 0 Å². The molecule has 5 heterocycles. The molecule has 2 saturated heterocycles. The fraction of sp³-hybridized carbons (Fsp3) is 0.500. The number of likely N-dealkylation sites (tertiary alicyclic amines) is 1. The minimum Gasteiger partial charge on any atom is -0.378 e. The Morgan fingerprint density at radius 1 is 1.03 bits per heavy atom. The molecule has 0 bridgehead atoms. The highest BCUT2D eigenvalue weighted by molar-refractivity contribution is 9.10. The second-order valence-corrected chi connectivity index (χ2v) is 8.56. The average Bonchev–Trinajstić information content (AvgIpc) is 3.19. The van der Waals surface area contributed by atoms with Gasteiger partial charge < -0.3 is 9.64 Å². The summed E-state index contributed by atoms with van der Waals surface area (Å²) in [6.45, 7) is 6.22. The van der Waals surface area contributed by atoms with Gasteiger partial charge in [0, 0.05) is 49.6 Å². The van der Waals surface area contributed by atoms with Crippen LogP contribution in [0.5, 0.6) is 0 Å². The molecule has 0 spiro atoms. The van der Waals surface area contributed by atoms with E-state index in [1.54, 1.807) is 6.33 Å². The second-order valence-electron chi connectivity index (χ2n) is 7.64. The molecule has 3 aromatic heterocycles. The van der Waals surface area contributed by atoms with Gasteiger partial charge in [0.15, 0.2) is 5.65 Å². The molecule has 2 aliphatic rings.